The van der Waals surface area contributed by atoms with Gasteiger partial charge in [-0.15, -0.1) is 0 Å². The number of rotatable bonds is 3. The van der Waals surface area contributed by atoms with E-state index in [0.29, 0.717) is 18.9 Å². The van der Waals surface area contributed by atoms with E-state index in [0.717, 1.165) is 13.0 Å². The van der Waals surface area contributed by atoms with Crippen LogP contribution >= 0.6 is 0 Å². The van der Waals surface area contributed by atoms with Gasteiger partial charge in [0.1, 0.15) is 0 Å². The second-order valence-corrected chi connectivity index (χ2v) is 14.8. The van der Waals surface area contributed by atoms with Crippen molar-refractivity contribution in [3.05, 3.63) is 0 Å². The molecule has 23 heavy (non-hydrogen) atoms. The first-order valence-corrected chi connectivity index (χ1v) is 12.1. The van der Waals surface area contributed by atoms with Crippen molar-refractivity contribution >= 4 is 14.3 Å². The summed E-state index contributed by atoms with van der Waals surface area (Å²) < 4.78 is 12.1. The summed E-state index contributed by atoms with van der Waals surface area (Å²) in [5, 5.41) is 0.234. The van der Waals surface area contributed by atoms with Crippen molar-refractivity contribution in [2.45, 2.75) is 84.9 Å². The van der Waals surface area contributed by atoms with Gasteiger partial charge in [-0.2, -0.15) is 0 Å². The molecule has 1 spiro atoms. The molecule has 0 radical (unpaired) electrons. The first-order chi connectivity index (χ1) is 10.4. The Hall–Kier alpha value is -0.353. The Bertz CT molecular complexity index is 438. The topological polar surface area (TPSA) is 35.5 Å². The zero-order valence-electron chi connectivity index (χ0n) is 16.3. The molecule has 0 aromatic rings. The Morgan fingerprint density at radius 1 is 1.22 bits per heavy atom. The first kappa shape index (κ1) is 19.0. The van der Waals surface area contributed by atoms with Crippen LogP contribution < -0.4 is 0 Å². The number of esters is 1. The highest BCUT2D eigenvalue weighted by Crippen LogP contribution is 2.55. The molecule has 0 amide bonds. The number of cyclic esters (lactones) is 1. The fourth-order valence-corrected chi connectivity index (χ4v) is 5.19. The number of carbonyl (C=O) groups is 1. The van der Waals surface area contributed by atoms with Crippen LogP contribution in [0.15, 0.2) is 0 Å². The van der Waals surface area contributed by atoms with E-state index in [9.17, 15) is 4.79 Å². The third-order valence-electron chi connectivity index (χ3n) is 6.94. The predicted octanol–water partition coefficient (Wildman–Crippen LogP) is 5.16. The molecule has 2 aliphatic rings. The summed E-state index contributed by atoms with van der Waals surface area (Å²) in [6.07, 6.45) is 5.21. The third kappa shape index (κ3) is 3.84. The van der Waals surface area contributed by atoms with E-state index in [-0.39, 0.29) is 21.8 Å². The van der Waals surface area contributed by atoms with Crippen LogP contribution in [0.5, 0.6) is 0 Å². The van der Waals surface area contributed by atoms with Gasteiger partial charge < -0.3 is 9.16 Å². The van der Waals surface area contributed by atoms with Gasteiger partial charge in [0.05, 0.1) is 6.61 Å². The summed E-state index contributed by atoms with van der Waals surface area (Å²) in [6, 6.07) is 0. The molecule has 0 bridgehead atoms. The maximum Gasteiger partial charge on any atom is 0.305 e. The smallest absolute Gasteiger partial charge is 0.305 e. The van der Waals surface area contributed by atoms with E-state index in [1.807, 2.05) is 0 Å². The zero-order chi connectivity index (χ0) is 17.5. The monoisotopic (exact) mass is 340 g/mol. The van der Waals surface area contributed by atoms with Crippen molar-refractivity contribution in [2.75, 3.05) is 13.2 Å². The zero-order valence-corrected chi connectivity index (χ0v) is 17.3. The van der Waals surface area contributed by atoms with Gasteiger partial charge in [-0.05, 0) is 48.7 Å². The highest BCUT2D eigenvalue weighted by molar-refractivity contribution is 6.74. The molecule has 3 nitrogen and oxygen atoms in total. The lowest BCUT2D eigenvalue weighted by atomic mass is 9.54. The van der Waals surface area contributed by atoms with Crippen molar-refractivity contribution in [1.82, 2.24) is 0 Å². The minimum atomic E-state index is -1.75. The van der Waals surface area contributed by atoms with Gasteiger partial charge in [-0.1, -0.05) is 41.0 Å². The van der Waals surface area contributed by atoms with E-state index in [4.69, 9.17) is 9.16 Å². The largest absolute Gasteiger partial charge is 0.465 e. The SMILES string of the molecule is CC1(C)CCC[C@@]2(CCC(=O)OC2)[C@@H]1CO[Si](C)(C)C(C)(C)C. The summed E-state index contributed by atoms with van der Waals surface area (Å²) in [5.41, 5.74) is 0.391. The molecule has 0 aromatic heterocycles. The minimum Gasteiger partial charge on any atom is -0.465 e. The lowest BCUT2D eigenvalue weighted by Gasteiger charge is -2.54. The molecule has 0 N–H and O–H groups in total. The average molecular weight is 341 g/mol. The highest BCUT2D eigenvalue weighted by atomic mass is 28.4. The van der Waals surface area contributed by atoms with Crippen molar-refractivity contribution in [1.29, 1.82) is 0 Å². The van der Waals surface area contributed by atoms with Gasteiger partial charge in [0.2, 0.25) is 0 Å². The van der Waals surface area contributed by atoms with Gasteiger partial charge >= 0.3 is 5.97 Å². The minimum absolute atomic E-state index is 0.0249. The summed E-state index contributed by atoms with van der Waals surface area (Å²) in [7, 11) is -1.75. The van der Waals surface area contributed by atoms with Crippen molar-refractivity contribution in [3.63, 3.8) is 0 Å². The quantitative estimate of drug-likeness (QED) is 0.526. The number of ether oxygens (including phenoxy) is 1. The Morgan fingerprint density at radius 2 is 1.87 bits per heavy atom. The van der Waals surface area contributed by atoms with E-state index < -0.39 is 8.32 Å². The van der Waals surface area contributed by atoms with Crippen LogP contribution in [-0.4, -0.2) is 27.5 Å². The van der Waals surface area contributed by atoms with E-state index in [1.165, 1.54) is 19.3 Å². The number of hydrogen-bond donors (Lipinski definition) is 0. The Balaban J connectivity index is 2.18. The number of hydrogen-bond acceptors (Lipinski definition) is 3. The van der Waals surface area contributed by atoms with Crippen LogP contribution in [0.25, 0.3) is 0 Å². The molecule has 1 saturated carbocycles. The maximum absolute atomic E-state index is 11.6. The van der Waals surface area contributed by atoms with Gasteiger partial charge in [-0.3, -0.25) is 4.79 Å². The molecular weight excluding hydrogens is 304 g/mol. The second-order valence-electron chi connectivity index (χ2n) is 9.99. The first-order valence-electron chi connectivity index (χ1n) is 9.19. The molecule has 134 valence electrons. The molecule has 4 heteroatoms. The van der Waals surface area contributed by atoms with Gasteiger partial charge in [0.25, 0.3) is 0 Å². The third-order valence-corrected chi connectivity index (χ3v) is 11.4. The predicted molar refractivity (Wildman–Crippen MR) is 96.9 cm³/mol. The van der Waals surface area contributed by atoms with Crippen molar-refractivity contribution in [2.24, 2.45) is 16.7 Å². The molecule has 1 aliphatic heterocycles. The normalized spacial score (nSPS) is 32.0. The van der Waals surface area contributed by atoms with E-state index in [1.54, 1.807) is 0 Å². The second kappa shape index (κ2) is 6.18. The van der Waals surface area contributed by atoms with Crippen LogP contribution in [0.4, 0.5) is 0 Å². The Morgan fingerprint density at radius 3 is 2.39 bits per heavy atom. The molecule has 0 aromatic carbocycles. The lowest BCUT2D eigenvalue weighted by molar-refractivity contribution is -0.167. The molecule has 2 atom stereocenters. The molecule has 2 rings (SSSR count). The highest BCUT2D eigenvalue weighted by Gasteiger charge is 2.52. The Kier molecular flexibility index (Phi) is 5.10. The number of carbonyl (C=O) groups excluding carboxylic acids is 1. The Labute approximate surface area is 143 Å². The summed E-state index contributed by atoms with van der Waals surface area (Å²) >= 11 is 0. The summed E-state index contributed by atoms with van der Waals surface area (Å²) in [5.74, 6) is 0.453. The fourth-order valence-electron chi connectivity index (χ4n) is 4.18. The molecule has 1 saturated heterocycles. The van der Waals surface area contributed by atoms with E-state index >= 15 is 0 Å². The standard InChI is InChI=1S/C19H36O3Si/c1-17(2,3)23(6,7)22-13-15-18(4,5)10-8-11-19(15)12-9-16(20)21-14-19/h15H,8-14H2,1-7H3/t15-,19+/m1/s1. The molecule has 2 fully saturated rings. The lowest BCUT2D eigenvalue weighted by Crippen LogP contribution is -2.53. The average Bonchev–Trinajstić information content (AvgIpc) is 2.39. The van der Waals surface area contributed by atoms with Crippen LogP contribution in [0.2, 0.25) is 18.1 Å². The van der Waals surface area contributed by atoms with Crippen molar-refractivity contribution < 1.29 is 14.0 Å². The summed E-state index contributed by atoms with van der Waals surface area (Å²) in [6.45, 7) is 17.7. The molecule has 1 aliphatic carbocycles. The van der Waals surface area contributed by atoms with Crippen LogP contribution in [0, 0.1) is 16.7 Å². The van der Waals surface area contributed by atoms with E-state index in [2.05, 4.69) is 47.7 Å². The fraction of sp³-hybridized carbons (Fsp3) is 0.947. The van der Waals surface area contributed by atoms with Gasteiger partial charge in [-0.25, -0.2) is 0 Å². The van der Waals surface area contributed by atoms with Crippen LogP contribution in [-0.2, 0) is 14.0 Å². The molecule has 1 heterocycles. The van der Waals surface area contributed by atoms with Crippen LogP contribution in [0.1, 0.15) is 66.7 Å². The summed E-state index contributed by atoms with van der Waals surface area (Å²) in [4.78, 5) is 11.6. The maximum atomic E-state index is 11.6. The molecule has 0 unspecified atom stereocenters. The van der Waals surface area contributed by atoms with Crippen LogP contribution in [0.3, 0.4) is 0 Å². The van der Waals surface area contributed by atoms with Gasteiger partial charge in [0.15, 0.2) is 8.32 Å². The van der Waals surface area contributed by atoms with Crippen molar-refractivity contribution in [3.8, 4) is 0 Å². The molecular formula is C19H36O3Si. The van der Waals surface area contributed by atoms with Gasteiger partial charge in [0, 0.05) is 18.4 Å².